The molecule has 0 saturated heterocycles. The van der Waals surface area contributed by atoms with Crippen molar-refractivity contribution in [2.24, 2.45) is 0 Å². The van der Waals surface area contributed by atoms with E-state index in [1.165, 1.54) is 5.56 Å². The normalized spacial score (nSPS) is 11.6. The first kappa shape index (κ1) is 13.7. The molecule has 0 atom stereocenters. The number of ether oxygens (including phenoxy) is 2. The topological polar surface area (TPSA) is 18.5 Å². The molecule has 2 nitrogen and oxygen atoms in total. The van der Waals surface area contributed by atoms with Crippen LogP contribution in [0.15, 0.2) is 30.3 Å². The van der Waals surface area contributed by atoms with Gasteiger partial charge in [0, 0.05) is 10.8 Å². The summed E-state index contributed by atoms with van der Waals surface area (Å²) in [5.41, 5.74) is 1.41. The molecule has 2 heteroatoms. The highest BCUT2D eigenvalue weighted by atomic mass is 16.5. The Hall–Kier alpha value is -1.70. The summed E-state index contributed by atoms with van der Waals surface area (Å²) in [6, 6.07) is 10.4. The Morgan fingerprint density at radius 3 is 2.21 bits per heavy atom. The van der Waals surface area contributed by atoms with Crippen molar-refractivity contribution in [3.63, 3.8) is 0 Å². The van der Waals surface area contributed by atoms with Crippen LogP contribution in [0, 0.1) is 0 Å². The monoisotopic (exact) mass is 258 g/mol. The number of hydrogen-bond acceptors (Lipinski definition) is 2. The Kier molecular flexibility index (Phi) is 3.70. The van der Waals surface area contributed by atoms with Gasteiger partial charge in [-0.2, -0.15) is 0 Å². The third-order valence-electron chi connectivity index (χ3n) is 4.02. The summed E-state index contributed by atoms with van der Waals surface area (Å²) < 4.78 is 11.0. The van der Waals surface area contributed by atoms with Gasteiger partial charge >= 0.3 is 0 Å². The van der Waals surface area contributed by atoms with Crippen molar-refractivity contribution < 1.29 is 9.47 Å². The lowest BCUT2D eigenvalue weighted by Crippen LogP contribution is -2.15. The zero-order valence-electron chi connectivity index (χ0n) is 12.4. The van der Waals surface area contributed by atoms with Crippen molar-refractivity contribution in [3.8, 4) is 11.5 Å². The van der Waals surface area contributed by atoms with Crippen LogP contribution in [-0.4, -0.2) is 14.2 Å². The van der Waals surface area contributed by atoms with E-state index in [1.54, 1.807) is 14.2 Å². The molecule has 0 saturated carbocycles. The predicted molar refractivity (Wildman–Crippen MR) is 80.4 cm³/mol. The van der Waals surface area contributed by atoms with Gasteiger partial charge in [-0.3, -0.25) is 0 Å². The fraction of sp³-hybridized carbons (Fsp3) is 0.412. The summed E-state index contributed by atoms with van der Waals surface area (Å²) in [6.07, 6.45) is 1.08. The van der Waals surface area contributed by atoms with Gasteiger partial charge < -0.3 is 9.47 Å². The fourth-order valence-electron chi connectivity index (χ4n) is 2.27. The number of methoxy groups -OCH3 is 2. The molecule has 0 aromatic heterocycles. The molecule has 102 valence electrons. The van der Waals surface area contributed by atoms with E-state index in [4.69, 9.17) is 9.47 Å². The van der Waals surface area contributed by atoms with E-state index in [9.17, 15) is 0 Å². The quantitative estimate of drug-likeness (QED) is 0.801. The minimum absolute atomic E-state index is 0.127. The first-order valence-corrected chi connectivity index (χ1v) is 6.68. The summed E-state index contributed by atoms with van der Waals surface area (Å²) in [6.45, 7) is 6.71. The van der Waals surface area contributed by atoms with Crippen LogP contribution >= 0.6 is 0 Å². The van der Waals surface area contributed by atoms with E-state index in [-0.39, 0.29) is 5.41 Å². The van der Waals surface area contributed by atoms with Gasteiger partial charge in [-0.25, -0.2) is 0 Å². The average molecular weight is 258 g/mol. The standard InChI is InChI=1S/C17H22O2/c1-6-17(2,3)12-10-14-13(16(11-12)19-5)8-7-9-15(14)18-4/h7-11H,6H2,1-5H3. The van der Waals surface area contributed by atoms with Crippen molar-refractivity contribution >= 4 is 10.8 Å². The van der Waals surface area contributed by atoms with Gasteiger partial charge in [-0.05, 0) is 35.6 Å². The molecule has 0 aliphatic carbocycles. The summed E-state index contributed by atoms with van der Waals surface area (Å²) >= 11 is 0. The molecular weight excluding hydrogens is 236 g/mol. The maximum Gasteiger partial charge on any atom is 0.127 e. The molecule has 0 unspecified atom stereocenters. The zero-order chi connectivity index (χ0) is 14.0. The van der Waals surface area contributed by atoms with E-state index >= 15 is 0 Å². The molecular formula is C17H22O2. The number of benzene rings is 2. The lowest BCUT2D eigenvalue weighted by atomic mass is 9.81. The molecule has 2 aromatic carbocycles. The van der Waals surface area contributed by atoms with Crippen molar-refractivity contribution in [2.75, 3.05) is 14.2 Å². The van der Waals surface area contributed by atoms with Crippen LogP contribution in [0.3, 0.4) is 0 Å². The molecule has 0 aliphatic heterocycles. The van der Waals surface area contributed by atoms with Crippen LogP contribution in [-0.2, 0) is 5.41 Å². The van der Waals surface area contributed by atoms with Gasteiger partial charge in [0.2, 0.25) is 0 Å². The van der Waals surface area contributed by atoms with Crippen molar-refractivity contribution in [1.29, 1.82) is 0 Å². The van der Waals surface area contributed by atoms with Crippen molar-refractivity contribution in [2.45, 2.75) is 32.6 Å². The molecule has 0 heterocycles. The first-order chi connectivity index (χ1) is 9.03. The Morgan fingerprint density at radius 1 is 0.947 bits per heavy atom. The van der Waals surface area contributed by atoms with Crippen LogP contribution in [0.25, 0.3) is 10.8 Å². The number of hydrogen-bond donors (Lipinski definition) is 0. The van der Waals surface area contributed by atoms with Crippen molar-refractivity contribution in [1.82, 2.24) is 0 Å². The minimum atomic E-state index is 0.127. The SMILES string of the molecule is CCC(C)(C)c1cc(OC)c2cccc(OC)c2c1. The van der Waals surface area contributed by atoms with Crippen LogP contribution in [0.5, 0.6) is 11.5 Å². The Bertz CT molecular complexity index is 585. The zero-order valence-corrected chi connectivity index (χ0v) is 12.4. The Labute approximate surface area is 115 Å². The molecule has 0 spiro atoms. The predicted octanol–water partition coefficient (Wildman–Crippen LogP) is 4.54. The molecule has 0 fully saturated rings. The van der Waals surface area contributed by atoms with E-state index in [2.05, 4.69) is 39.0 Å². The van der Waals surface area contributed by atoms with Gasteiger partial charge in [0.15, 0.2) is 0 Å². The van der Waals surface area contributed by atoms with Crippen molar-refractivity contribution in [3.05, 3.63) is 35.9 Å². The maximum absolute atomic E-state index is 5.55. The molecule has 0 radical (unpaired) electrons. The maximum atomic E-state index is 5.55. The second-order valence-corrected chi connectivity index (χ2v) is 5.47. The van der Waals surface area contributed by atoms with Gasteiger partial charge in [0.05, 0.1) is 14.2 Å². The molecule has 0 aliphatic rings. The summed E-state index contributed by atoms with van der Waals surface area (Å²) in [5.74, 6) is 1.80. The molecule has 2 aromatic rings. The van der Waals surface area contributed by atoms with E-state index in [0.29, 0.717) is 0 Å². The summed E-state index contributed by atoms with van der Waals surface area (Å²) in [4.78, 5) is 0. The summed E-state index contributed by atoms with van der Waals surface area (Å²) in [7, 11) is 3.43. The van der Waals surface area contributed by atoms with E-state index < -0.39 is 0 Å². The molecule has 0 bridgehead atoms. The van der Waals surface area contributed by atoms with Crippen LogP contribution in [0.1, 0.15) is 32.8 Å². The number of fused-ring (bicyclic) bond motifs is 1. The lowest BCUT2D eigenvalue weighted by molar-refractivity contribution is 0.412. The second-order valence-electron chi connectivity index (χ2n) is 5.47. The molecule has 19 heavy (non-hydrogen) atoms. The van der Waals surface area contributed by atoms with Gasteiger partial charge in [-0.1, -0.05) is 32.9 Å². The van der Waals surface area contributed by atoms with Crippen LogP contribution in [0.4, 0.5) is 0 Å². The highest BCUT2D eigenvalue weighted by Gasteiger charge is 2.20. The Morgan fingerprint density at radius 2 is 1.63 bits per heavy atom. The fourth-order valence-corrected chi connectivity index (χ4v) is 2.27. The third kappa shape index (κ3) is 2.40. The van der Waals surface area contributed by atoms with E-state index in [1.807, 2.05) is 12.1 Å². The first-order valence-electron chi connectivity index (χ1n) is 6.68. The van der Waals surface area contributed by atoms with Gasteiger partial charge in [0.25, 0.3) is 0 Å². The largest absolute Gasteiger partial charge is 0.496 e. The number of rotatable bonds is 4. The lowest BCUT2D eigenvalue weighted by Gasteiger charge is -2.25. The minimum Gasteiger partial charge on any atom is -0.496 e. The smallest absolute Gasteiger partial charge is 0.127 e. The highest BCUT2D eigenvalue weighted by Crippen LogP contribution is 2.38. The molecule has 2 rings (SSSR count). The highest BCUT2D eigenvalue weighted by molar-refractivity contribution is 5.94. The summed E-state index contributed by atoms with van der Waals surface area (Å²) in [5, 5.41) is 2.21. The third-order valence-corrected chi connectivity index (χ3v) is 4.02. The van der Waals surface area contributed by atoms with Gasteiger partial charge in [-0.15, -0.1) is 0 Å². The molecule has 0 amide bonds. The average Bonchev–Trinajstić information content (AvgIpc) is 2.45. The van der Waals surface area contributed by atoms with Crippen LogP contribution < -0.4 is 9.47 Å². The van der Waals surface area contributed by atoms with Gasteiger partial charge in [0.1, 0.15) is 11.5 Å². The van der Waals surface area contributed by atoms with Crippen LogP contribution in [0.2, 0.25) is 0 Å². The Balaban J connectivity index is 2.77. The molecule has 0 N–H and O–H groups in total. The second kappa shape index (κ2) is 5.12. The van der Waals surface area contributed by atoms with E-state index in [0.717, 1.165) is 28.7 Å².